The number of rotatable bonds is 1. The van der Waals surface area contributed by atoms with Crippen LogP contribution in [0.25, 0.3) is 0 Å². The van der Waals surface area contributed by atoms with E-state index in [0.717, 1.165) is 11.0 Å². The highest BCUT2D eigenvalue weighted by Crippen LogP contribution is 2.37. The highest BCUT2D eigenvalue weighted by molar-refractivity contribution is 9.10. The number of fused-ring (bicyclic) bond motifs is 1. The zero-order chi connectivity index (χ0) is 11.9. The highest BCUT2D eigenvalue weighted by atomic mass is 79.9. The summed E-state index contributed by atoms with van der Waals surface area (Å²) in [6.07, 6.45) is 0. The SMILES string of the molecule is Cc1cc(Br)cc2c1NCC(C(C)C)N2C. The van der Waals surface area contributed by atoms with Crippen molar-refractivity contribution in [3.63, 3.8) is 0 Å². The molecule has 0 aliphatic carbocycles. The van der Waals surface area contributed by atoms with Crippen LogP contribution in [0.1, 0.15) is 19.4 Å². The summed E-state index contributed by atoms with van der Waals surface area (Å²) in [5.74, 6) is 0.657. The van der Waals surface area contributed by atoms with Crippen LogP contribution >= 0.6 is 15.9 Å². The quantitative estimate of drug-likeness (QED) is 0.846. The van der Waals surface area contributed by atoms with Crippen molar-refractivity contribution in [1.29, 1.82) is 0 Å². The number of likely N-dealkylation sites (N-methyl/N-ethyl adjacent to an activating group) is 1. The number of hydrogen-bond acceptors (Lipinski definition) is 2. The Hall–Kier alpha value is -0.700. The first-order chi connectivity index (χ1) is 7.50. The van der Waals surface area contributed by atoms with Crippen molar-refractivity contribution in [2.45, 2.75) is 26.8 Å². The third kappa shape index (κ3) is 1.93. The number of benzene rings is 1. The third-order valence-electron chi connectivity index (χ3n) is 3.41. The van der Waals surface area contributed by atoms with Crippen molar-refractivity contribution in [3.05, 3.63) is 22.2 Å². The smallest absolute Gasteiger partial charge is 0.0616 e. The molecule has 2 nitrogen and oxygen atoms in total. The van der Waals surface area contributed by atoms with E-state index in [-0.39, 0.29) is 0 Å². The summed E-state index contributed by atoms with van der Waals surface area (Å²) in [6.45, 7) is 7.74. The summed E-state index contributed by atoms with van der Waals surface area (Å²) >= 11 is 3.57. The van der Waals surface area contributed by atoms with Gasteiger partial charge in [-0.25, -0.2) is 0 Å². The summed E-state index contributed by atoms with van der Waals surface area (Å²) < 4.78 is 1.15. The maximum Gasteiger partial charge on any atom is 0.0616 e. The first-order valence-electron chi connectivity index (χ1n) is 5.77. The van der Waals surface area contributed by atoms with Crippen LogP contribution in [0.5, 0.6) is 0 Å². The zero-order valence-electron chi connectivity index (χ0n) is 10.3. The summed E-state index contributed by atoms with van der Waals surface area (Å²) in [4.78, 5) is 2.40. The van der Waals surface area contributed by atoms with E-state index in [1.807, 2.05) is 0 Å². The van der Waals surface area contributed by atoms with E-state index in [2.05, 4.69) is 66.1 Å². The molecular formula is C13H19BrN2. The Morgan fingerprint density at radius 3 is 2.75 bits per heavy atom. The van der Waals surface area contributed by atoms with Crippen LogP contribution in [-0.4, -0.2) is 19.6 Å². The van der Waals surface area contributed by atoms with Gasteiger partial charge in [0.15, 0.2) is 0 Å². The normalized spacial score (nSPS) is 19.6. The molecule has 1 N–H and O–H groups in total. The second kappa shape index (κ2) is 4.28. The van der Waals surface area contributed by atoms with Gasteiger partial charge in [0.25, 0.3) is 0 Å². The van der Waals surface area contributed by atoms with Gasteiger partial charge in [0.1, 0.15) is 0 Å². The van der Waals surface area contributed by atoms with E-state index < -0.39 is 0 Å². The third-order valence-corrected chi connectivity index (χ3v) is 3.87. The van der Waals surface area contributed by atoms with Gasteiger partial charge in [-0.05, 0) is 30.5 Å². The van der Waals surface area contributed by atoms with Gasteiger partial charge in [0.05, 0.1) is 11.4 Å². The molecule has 1 aliphatic rings. The van der Waals surface area contributed by atoms with Crippen LogP contribution in [0.3, 0.4) is 0 Å². The molecule has 0 aromatic heterocycles. The first-order valence-corrected chi connectivity index (χ1v) is 6.57. The average Bonchev–Trinajstić information content (AvgIpc) is 2.19. The fourth-order valence-corrected chi connectivity index (χ4v) is 3.00. The lowest BCUT2D eigenvalue weighted by Gasteiger charge is -2.39. The number of aryl methyl sites for hydroxylation is 1. The molecule has 0 saturated heterocycles. The van der Waals surface area contributed by atoms with Crippen molar-refractivity contribution in [3.8, 4) is 0 Å². The molecule has 1 atom stereocenters. The molecule has 0 fully saturated rings. The average molecular weight is 283 g/mol. The van der Waals surface area contributed by atoms with Gasteiger partial charge >= 0.3 is 0 Å². The van der Waals surface area contributed by atoms with Gasteiger partial charge in [-0.15, -0.1) is 0 Å². The molecule has 1 aromatic carbocycles. The molecule has 1 aliphatic heterocycles. The highest BCUT2D eigenvalue weighted by Gasteiger charge is 2.26. The molecule has 1 unspecified atom stereocenters. The van der Waals surface area contributed by atoms with Crippen molar-refractivity contribution in [1.82, 2.24) is 0 Å². The van der Waals surface area contributed by atoms with Crippen molar-refractivity contribution in [2.75, 3.05) is 23.8 Å². The molecule has 2 rings (SSSR count). The van der Waals surface area contributed by atoms with E-state index >= 15 is 0 Å². The van der Waals surface area contributed by atoms with E-state index in [4.69, 9.17) is 0 Å². The molecule has 0 bridgehead atoms. The minimum absolute atomic E-state index is 0.571. The maximum absolute atomic E-state index is 3.57. The van der Waals surface area contributed by atoms with Crippen LogP contribution in [-0.2, 0) is 0 Å². The zero-order valence-corrected chi connectivity index (χ0v) is 11.9. The maximum atomic E-state index is 3.57. The fraction of sp³-hybridized carbons (Fsp3) is 0.538. The minimum Gasteiger partial charge on any atom is -0.381 e. The van der Waals surface area contributed by atoms with E-state index in [1.54, 1.807) is 0 Å². The molecule has 3 heteroatoms. The molecule has 1 aromatic rings. The molecular weight excluding hydrogens is 264 g/mol. The second-order valence-electron chi connectivity index (χ2n) is 4.92. The molecule has 0 spiro atoms. The Bertz CT molecular complexity index is 401. The fourth-order valence-electron chi connectivity index (χ4n) is 2.44. The lowest BCUT2D eigenvalue weighted by atomic mass is 9.98. The van der Waals surface area contributed by atoms with E-state index in [9.17, 15) is 0 Å². The van der Waals surface area contributed by atoms with Gasteiger partial charge in [0.2, 0.25) is 0 Å². The Balaban J connectivity index is 2.44. The Morgan fingerprint density at radius 1 is 1.44 bits per heavy atom. The molecule has 0 saturated carbocycles. The number of nitrogens with one attached hydrogen (secondary N) is 1. The summed E-state index contributed by atoms with van der Waals surface area (Å²) in [5.41, 5.74) is 3.89. The van der Waals surface area contributed by atoms with Crippen molar-refractivity contribution >= 4 is 27.3 Å². The van der Waals surface area contributed by atoms with Crippen LogP contribution in [0.15, 0.2) is 16.6 Å². The van der Waals surface area contributed by atoms with Gasteiger partial charge < -0.3 is 10.2 Å². The predicted octanol–water partition coefficient (Wildman–Crippen LogP) is 3.64. The van der Waals surface area contributed by atoms with Crippen LogP contribution in [0, 0.1) is 12.8 Å². The molecule has 0 amide bonds. The largest absolute Gasteiger partial charge is 0.381 e. The summed E-state index contributed by atoms with van der Waals surface area (Å²) in [7, 11) is 2.19. The lowest BCUT2D eigenvalue weighted by molar-refractivity contribution is 0.482. The first kappa shape index (κ1) is 11.8. The standard InChI is InChI=1S/C13H19BrN2/c1-8(2)12-7-15-13-9(3)5-10(14)6-11(13)16(12)4/h5-6,8,12,15H,7H2,1-4H3. The molecule has 16 heavy (non-hydrogen) atoms. The number of halogens is 1. The Morgan fingerprint density at radius 2 is 2.12 bits per heavy atom. The summed E-state index contributed by atoms with van der Waals surface area (Å²) in [5, 5.41) is 3.56. The van der Waals surface area contributed by atoms with Gasteiger partial charge in [-0.3, -0.25) is 0 Å². The topological polar surface area (TPSA) is 15.3 Å². The van der Waals surface area contributed by atoms with E-state index in [1.165, 1.54) is 16.9 Å². The lowest BCUT2D eigenvalue weighted by Crippen LogP contribution is -2.45. The van der Waals surface area contributed by atoms with Gasteiger partial charge in [-0.1, -0.05) is 29.8 Å². The number of hydrogen-bond donors (Lipinski definition) is 1. The predicted molar refractivity (Wildman–Crippen MR) is 74.4 cm³/mol. The molecule has 0 radical (unpaired) electrons. The molecule has 88 valence electrons. The van der Waals surface area contributed by atoms with Gasteiger partial charge in [-0.2, -0.15) is 0 Å². The van der Waals surface area contributed by atoms with Crippen LogP contribution < -0.4 is 10.2 Å². The Kier molecular flexibility index (Phi) is 3.15. The van der Waals surface area contributed by atoms with Crippen LogP contribution in [0.4, 0.5) is 11.4 Å². The van der Waals surface area contributed by atoms with E-state index in [0.29, 0.717) is 12.0 Å². The molecule has 1 heterocycles. The minimum atomic E-state index is 0.571. The monoisotopic (exact) mass is 282 g/mol. The Labute approximate surface area is 106 Å². The number of nitrogens with zero attached hydrogens (tertiary/aromatic N) is 1. The van der Waals surface area contributed by atoms with Crippen molar-refractivity contribution in [2.24, 2.45) is 5.92 Å². The number of anilines is 2. The van der Waals surface area contributed by atoms with Crippen LogP contribution in [0.2, 0.25) is 0 Å². The summed E-state index contributed by atoms with van der Waals surface area (Å²) in [6, 6.07) is 4.93. The second-order valence-corrected chi connectivity index (χ2v) is 5.84. The van der Waals surface area contributed by atoms with Crippen molar-refractivity contribution < 1.29 is 0 Å². The van der Waals surface area contributed by atoms with Gasteiger partial charge in [0, 0.05) is 24.1 Å².